The van der Waals surface area contributed by atoms with Gasteiger partial charge in [-0.3, -0.25) is 0 Å². The second-order valence-corrected chi connectivity index (χ2v) is 5.74. The van der Waals surface area contributed by atoms with E-state index < -0.39 is 0 Å². The summed E-state index contributed by atoms with van der Waals surface area (Å²) in [6.07, 6.45) is 0. The van der Waals surface area contributed by atoms with E-state index in [4.69, 9.17) is 0 Å². The highest BCUT2D eigenvalue weighted by Crippen LogP contribution is 2.35. The maximum absolute atomic E-state index is 9.33. The molecule has 0 aliphatic rings. The van der Waals surface area contributed by atoms with Crippen molar-refractivity contribution in [3.05, 3.63) is 41.6 Å². The van der Waals surface area contributed by atoms with E-state index in [2.05, 4.69) is 31.2 Å². The van der Waals surface area contributed by atoms with E-state index in [0.717, 1.165) is 16.1 Å². The first-order valence-corrected chi connectivity index (χ1v) is 6.27. The zero-order chi connectivity index (χ0) is 12.5. The molecule has 0 atom stereocenters. The summed E-state index contributed by atoms with van der Waals surface area (Å²) in [6.45, 7) is 6.24. The van der Waals surface area contributed by atoms with Crippen molar-refractivity contribution in [1.29, 1.82) is 5.26 Å². The SMILES string of the molecule is CC(C)(C)c1nsc(-c2ccccc2)c1C#N. The Hall–Kier alpha value is -1.66. The topological polar surface area (TPSA) is 36.7 Å². The largest absolute Gasteiger partial charge is 0.195 e. The molecule has 2 rings (SSSR count). The molecule has 0 aliphatic carbocycles. The molecule has 1 aromatic heterocycles. The maximum atomic E-state index is 9.33. The smallest absolute Gasteiger partial charge is 0.103 e. The van der Waals surface area contributed by atoms with Gasteiger partial charge in [-0.15, -0.1) is 0 Å². The third kappa shape index (κ3) is 2.22. The van der Waals surface area contributed by atoms with E-state index in [1.54, 1.807) is 0 Å². The first-order chi connectivity index (χ1) is 8.04. The second-order valence-electron chi connectivity index (χ2n) is 4.96. The lowest BCUT2D eigenvalue weighted by atomic mass is 9.88. The van der Waals surface area contributed by atoms with Crippen molar-refractivity contribution in [1.82, 2.24) is 4.37 Å². The number of hydrogen-bond acceptors (Lipinski definition) is 3. The van der Waals surface area contributed by atoms with E-state index in [1.807, 2.05) is 30.3 Å². The molecule has 0 spiro atoms. The van der Waals surface area contributed by atoms with Gasteiger partial charge in [0, 0.05) is 5.41 Å². The highest BCUT2D eigenvalue weighted by molar-refractivity contribution is 7.10. The molecule has 0 N–H and O–H groups in total. The van der Waals surface area contributed by atoms with Gasteiger partial charge in [0.2, 0.25) is 0 Å². The van der Waals surface area contributed by atoms with Gasteiger partial charge in [0.05, 0.1) is 16.1 Å². The van der Waals surface area contributed by atoms with Crippen LogP contribution in [0.2, 0.25) is 0 Å². The number of nitrogens with zero attached hydrogens (tertiary/aromatic N) is 2. The molecule has 0 saturated heterocycles. The van der Waals surface area contributed by atoms with Gasteiger partial charge in [-0.25, -0.2) is 0 Å². The van der Waals surface area contributed by atoms with Crippen molar-refractivity contribution in [3.63, 3.8) is 0 Å². The molecule has 86 valence electrons. The van der Waals surface area contributed by atoms with Crippen LogP contribution < -0.4 is 0 Å². The summed E-state index contributed by atoms with van der Waals surface area (Å²) in [6, 6.07) is 12.3. The average molecular weight is 242 g/mol. The molecule has 0 bridgehead atoms. The minimum absolute atomic E-state index is 0.0887. The van der Waals surface area contributed by atoms with Crippen LogP contribution in [0.25, 0.3) is 10.4 Å². The predicted molar refractivity (Wildman–Crippen MR) is 71.0 cm³/mol. The Balaban J connectivity index is 2.60. The van der Waals surface area contributed by atoms with Crippen LogP contribution in [0.5, 0.6) is 0 Å². The van der Waals surface area contributed by atoms with Gasteiger partial charge in [-0.05, 0) is 17.1 Å². The summed E-state index contributed by atoms with van der Waals surface area (Å²) in [5.74, 6) is 0. The number of benzene rings is 1. The molecule has 0 unspecified atom stereocenters. The van der Waals surface area contributed by atoms with E-state index in [9.17, 15) is 5.26 Å². The first kappa shape index (κ1) is 11.8. The van der Waals surface area contributed by atoms with Gasteiger partial charge in [0.15, 0.2) is 0 Å². The molecule has 3 heteroatoms. The van der Waals surface area contributed by atoms with Gasteiger partial charge in [0.1, 0.15) is 6.07 Å². The molecule has 0 fully saturated rings. The summed E-state index contributed by atoms with van der Waals surface area (Å²) in [7, 11) is 0. The lowest BCUT2D eigenvalue weighted by Crippen LogP contribution is -2.13. The summed E-state index contributed by atoms with van der Waals surface area (Å²) in [4.78, 5) is 0.970. The quantitative estimate of drug-likeness (QED) is 0.758. The van der Waals surface area contributed by atoms with Gasteiger partial charge in [0.25, 0.3) is 0 Å². The van der Waals surface area contributed by atoms with E-state index in [-0.39, 0.29) is 5.41 Å². The van der Waals surface area contributed by atoms with Crippen molar-refractivity contribution in [3.8, 4) is 16.5 Å². The Morgan fingerprint density at radius 1 is 1.18 bits per heavy atom. The molecule has 2 nitrogen and oxygen atoms in total. The third-order valence-corrected chi connectivity index (χ3v) is 3.45. The van der Waals surface area contributed by atoms with Crippen molar-refractivity contribution < 1.29 is 0 Å². The van der Waals surface area contributed by atoms with Gasteiger partial charge >= 0.3 is 0 Å². The highest BCUT2D eigenvalue weighted by atomic mass is 32.1. The van der Waals surface area contributed by atoms with Crippen LogP contribution in [0.4, 0.5) is 0 Å². The highest BCUT2D eigenvalue weighted by Gasteiger charge is 2.24. The van der Waals surface area contributed by atoms with E-state index in [0.29, 0.717) is 5.56 Å². The Labute approximate surface area is 106 Å². The number of nitriles is 1. The van der Waals surface area contributed by atoms with E-state index in [1.165, 1.54) is 11.5 Å². The molecule has 0 aliphatic heterocycles. The summed E-state index contributed by atoms with van der Waals surface area (Å²) >= 11 is 1.41. The van der Waals surface area contributed by atoms with Crippen molar-refractivity contribution >= 4 is 11.5 Å². The lowest BCUT2D eigenvalue weighted by Gasteiger charge is -2.15. The van der Waals surface area contributed by atoms with Crippen LogP contribution in [0.1, 0.15) is 32.0 Å². The molecule has 0 radical (unpaired) electrons. The van der Waals surface area contributed by atoms with Crippen LogP contribution >= 0.6 is 11.5 Å². The number of hydrogen-bond donors (Lipinski definition) is 0. The zero-order valence-electron chi connectivity index (χ0n) is 10.2. The van der Waals surface area contributed by atoms with Crippen LogP contribution in [0.3, 0.4) is 0 Å². The molecular formula is C14H14N2S. The lowest BCUT2D eigenvalue weighted by molar-refractivity contribution is 0.574. The third-order valence-electron chi connectivity index (χ3n) is 2.55. The number of rotatable bonds is 1. The molecule has 0 saturated carbocycles. The van der Waals surface area contributed by atoms with E-state index >= 15 is 0 Å². The summed E-state index contributed by atoms with van der Waals surface area (Å²) < 4.78 is 4.45. The van der Waals surface area contributed by atoms with Crippen molar-refractivity contribution in [2.24, 2.45) is 0 Å². The van der Waals surface area contributed by atoms with Crippen LogP contribution in [0.15, 0.2) is 30.3 Å². The van der Waals surface area contributed by atoms with Crippen LogP contribution in [-0.2, 0) is 5.41 Å². The van der Waals surface area contributed by atoms with Crippen LogP contribution in [-0.4, -0.2) is 4.37 Å². The molecular weight excluding hydrogens is 228 g/mol. The Bertz CT molecular complexity index is 556. The number of aromatic nitrogens is 1. The predicted octanol–water partition coefficient (Wildman–Crippen LogP) is 3.98. The average Bonchev–Trinajstić information content (AvgIpc) is 2.73. The minimum Gasteiger partial charge on any atom is -0.195 e. The molecule has 1 heterocycles. The maximum Gasteiger partial charge on any atom is 0.103 e. The summed E-state index contributed by atoms with van der Waals surface area (Å²) in [5.41, 5.74) is 2.59. The Morgan fingerprint density at radius 3 is 2.35 bits per heavy atom. The van der Waals surface area contributed by atoms with Gasteiger partial charge < -0.3 is 0 Å². The van der Waals surface area contributed by atoms with Crippen molar-refractivity contribution in [2.45, 2.75) is 26.2 Å². The fraction of sp³-hybridized carbons (Fsp3) is 0.286. The molecule has 0 amide bonds. The molecule has 17 heavy (non-hydrogen) atoms. The standard InChI is InChI=1S/C14H14N2S/c1-14(2,3)13-11(9-15)12(17-16-13)10-7-5-4-6-8-10/h4-8H,1-3H3. The molecule has 1 aromatic carbocycles. The van der Waals surface area contributed by atoms with Crippen molar-refractivity contribution in [2.75, 3.05) is 0 Å². The normalized spacial score (nSPS) is 11.2. The Kier molecular flexibility index (Phi) is 2.99. The minimum atomic E-state index is -0.0887. The first-order valence-electron chi connectivity index (χ1n) is 5.49. The zero-order valence-corrected chi connectivity index (χ0v) is 11.0. The summed E-state index contributed by atoms with van der Waals surface area (Å²) in [5, 5.41) is 9.33. The fourth-order valence-electron chi connectivity index (χ4n) is 1.69. The van der Waals surface area contributed by atoms with Gasteiger partial charge in [-0.2, -0.15) is 9.64 Å². The Morgan fingerprint density at radius 2 is 1.82 bits per heavy atom. The van der Waals surface area contributed by atoms with Crippen LogP contribution in [0, 0.1) is 11.3 Å². The fourth-order valence-corrected chi connectivity index (χ4v) is 2.72. The monoisotopic (exact) mass is 242 g/mol. The van der Waals surface area contributed by atoms with Gasteiger partial charge in [-0.1, -0.05) is 51.1 Å². The second kappa shape index (κ2) is 4.31. The molecule has 2 aromatic rings.